The minimum atomic E-state index is -0.549. The maximum Gasteiger partial charge on any atom is 0.267 e. The number of amides is 1. The molecule has 2 heterocycles. The van der Waals surface area contributed by atoms with E-state index in [4.69, 9.17) is 10.3 Å². The minimum Gasteiger partial charge on any atom is -0.384 e. The Morgan fingerprint density at radius 3 is 3.06 bits per heavy atom. The molecule has 0 unspecified atom stereocenters. The average molecular weight is 247 g/mol. The number of pyridine rings is 1. The highest BCUT2D eigenvalue weighted by Gasteiger charge is 2.04. The molecule has 0 fully saturated rings. The Morgan fingerprint density at radius 2 is 2.39 bits per heavy atom. The number of rotatable bonds is 5. The van der Waals surface area contributed by atoms with Crippen molar-refractivity contribution >= 4 is 11.6 Å². The Kier molecular flexibility index (Phi) is 3.52. The Morgan fingerprint density at radius 1 is 1.56 bits per heavy atom. The van der Waals surface area contributed by atoms with Crippen molar-refractivity contribution in [3.63, 3.8) is 0 Å². The minimum absolute atomic E-state index is 0.232. The highest BCUT2D eigenvalue weighted by Crippen LogP contribution is 2.07. The smallest absolute Gasteiger partial charge is 0.267 e. The van der Waals surface area contributed by atoms with Gasteiger partial charge in [-0.2, -0.15) is 4.98 Å². The quantitative estimate of drug-likeness (QED) is 0.797. The molecule has 18 heavy (non-hydrogen) atoms. The summed E-state index contributed by atoms with van der Waals surface area (Å²) in [6, 6.07) is 3.36. The van der Waals surface area contributed by atoms with Gasteiger partial charge in [0.25, 0.3) is 5.91 Å². The summed E-state index contributed by atoms with van der Waals surface area (Å²) in [7, 11) is 0. The zero-order valence-electron chi connectivity index (χ0n) is 9.88. The molecule has 1 amide bonds. The van der Waals surface area contributed by atoms with Crippen LogP contribution in [0.4, 0.5) is 5.69 Å². The molecule has 0 aliphatic rings. The third kappa shape index (κ3) is 3.03. The summed E-state index contributed by atoms with van der Waals surface area (Å²) in [5.41, 5.74) is 6.15. The fourth-order valence-electron chi connectivity index (χ4n) is 1.44. The van der Waals surface area contributed by atoms with Gasteiger partial charge >= 0.3 is 0 Å². The Hall–Kier alpha value is -2.44. The van der Waals surface area contributed by atoms with Gasteiger partial charge in [-0.05, 0) is 12.1 Å². The van der Waals surface area contributed by atoms with Crippen molar-refractivity contribution in [3.05, 3.63) is 35.7 Å². The molecule has 0 radical (unpaired) electrons. The van der Waals surface area contributed by atoms with Gasteiger partial charge in [-0.1, -0.05) is 5.16 Å². The lowest BCUT2D eigenvalue weighted by atomic mass is 10.3. The second kappa shape index (κ2) is 5.26. The summed E-state index contributed by atoms with van der Waals surface area (Å²) >= 11 is 0. The number of primary amides is 1. The molecule has 94 valence electrons. The zero-order chi connectivity index (χ0) is 13.0. The lowest BCUT2D eigenvalue weighted by Gasteiger charge is -2.04. The van der Waals surface area contributed by atoms with E-state index in [-0.39, 0.29) is 5.69 Å². The largest absolute Gasteiger partial charge is 0.384 e. The molecule has 3 N–H and O–H groups in total. The third-order valence-corrected chi connectivity index (χ3v) is 2.26. The zero-order valence-corrected chi connectivity index (χ0v) is 9.88. The molecule has 2 rings (SSSR count). The van der Waals surface area contributed by atoms with Crippen LogP contribution >= 0.6 is 0 Å². The van der Waals surface area contributed by atoms with Crippen molar-refractivity contribution in [3.8, 4) is 0 Å². The number of nitrogens with zero attached hydrogens (tertiary/aromatic N) is 3. The van der Waals surface area contributed by atoms with Crippen LogP contribution in [0.3, 0.4) is 0 Å². The summed E-state index contributed by atoms with van der Waals surface area (Å²) in [5, 5.41) is 6.91. The van der Waals surface area contributed by atoms with Crippen LogP contribution in [0, 0.1) is 6.92 Å². The van der Waals surface area contributed by atoms with Gasteiger partial charge in [-0.15, -0.1) is 0 Å². The number of hydrogen-bond acceptors (Lipinski definition) is 6. The SMILES string of the molecule is Cc1nc(CCNc2ccnc(C(N)=O)c2)no1. The molecule has 2 aromatic heterocycles. The Labute approximate surface area is 103 Å². The number of hydrogen-bond donors (Lipinski definition) is 2. The number of anilines is 1. The Balaban J connectivity index is 1.90. The highest BCUT2D eigenvalue weighted by molar-refractivity contribution is 5.91. The van der Waals surface area contributed by atoms with Crippen molar-refractivity contribution in [2.24, 2.45) is 5.73 Å². The summed E-state index contributed by atoms with van der Waals surface area (Å²) in [6.45, 7) is 2.37. The normalized spacial score (nSPS) is 10.3. The topological polar surface area (TPSA) is 107 Å². The van der Waals surface area contributed by atoms with Gasteiger partial charge in [0.05, 0.1) is 0 Å². The lowest BCUT2D eigenvalue weighted by Crippen LogP contribution is -2.14. The van der Waals surface area contributed by atoms with Crippen LogP contribution < -0.4 is 11.1 Å². The first-order valence-corrected chi connectivity index (χ1v) is 5.44. The van der Waals surface area contributed by atoms with Crippen molar-refractivity contribution in [2.45, 2.75) is 13.3 Å². The second-order valence-corrected chi connectivity index (χ2v) is 3.70. The lowest BCUT2D eigenvalue weighted by molar-refractivity contribution is 0.0995. The number of nitrogens with two attached hydrogens (primary N) is 1. The molecule has 0 saturated carbocycles. The summed E-state index contributed by atoms with van der Waals surface area (Å²) in [6.07, 6.45) is 2.16. The van der Waals surface area contributed by atoms with Crippen LogP contribution in [-0.4, -0.2) is 27.6 Å². The molecular weight excluding hydrogens is 234 g/mol. The van der Waals surface area contributed by atoms with E-state index in [0.717, 1.165) is 5.69 Å². The van der Waals surface area contributed by atoms with Crippen LogP contribution in [-0.2, 0) is 6.42 Å². The molecule has 0 saturated heterocycles. The van der Waals surface area contributed by atoms with Crippen LogP contribution in [0.25, 0.3) is 0 Å². The van der Waals surface area contributed by atoms with Crippen molar-refractivity contribution in [1.29, 1.82) is 0 Å². The van der Waals surface area contributed by atoms with E-state index in [1.165, 1.54) is 6.20 Å². The molecule has 0 spiro atoms. The molecule has 0 aromatic carbocycles. The van der Waals surface area contributed by atoms with Crippen LogP contribution in [0.1, 0.15) is 22.2 Å². The predicted molar refractivity (Wildman–Crippen MR) is 64.0 cm³/mol. The first-order chi connectivity index (χ1) is 8.65. The number of aromatic nitrogens is 3. The van der Waals surface area contributed by atoms with E-state index in [9.17, 15) is 4.79 Å². The van der Waals surface area contributed by atoms with E-state index in [2.05, 4.69) is 20.4 Å². The van der Waals surface area contributed by atoms with Crippen molar-refractivity contribution in [1.82, 2.24) is 15.1 Å². The van der Waals surface area contributed by atoms with Gasteiger partial charge in [-0.3, -0.25) is 9.78 Å². The molecule has 7 nitrogen and oxygen atoms in total. The molecule has 0 atom stereocenters. The van der Waals surface area contributed by atoms with E-state index >= 15 is 0 Å². The van der Waals surface area contributed by atoms with Gasteiger partial charge in [0, 0.05) is 31.8 Å². The van der Waals surface area contributed by atoms with Crippen LogP contribution in [0.15, 0.2) is 22.9 Å². The molecule has 0 aliphatic heterocycles. The molecular formula is C11H13N5O2. The maximum absolute atomic E-state index is 11.0. The number of carbonyl (C=O) groups excluding carboxylic acids is 1. The fraction of sp³-hybridized carbons (Fsp3) is 0.273. The van der Waals surface area contributed by atoms with E-state index in [0.29, 0.717) is 24.7 Å². The molecule has 2 aromatic rings. The first-order valence-electron chi connectivity index (χ1n) is 5.44. The van der Waals surface area contributed by atoms with Gasteiger partial charge in [0.15, 0.2) is 5.82 Å². The summed E-state index contributed by atoms with van der Waals surface area (Å²) in [4.78, 5) is 18.9. The van der Waals surface area contributed by atoms with Gasteiger partial charge in [0.1, 0.15) is 5.69 Å². The van der Waals surface area contributed by atoms with Crippen LogP contribution in [0.2, 0.25) is 0 Å². The van der Waals surface area contributed by atoms with Crippen LogP contribution in [0.5, 0.6) is 0 Å². The predicted octanol–water partition coefficient (Wildman–Crippen LogP) is 0.527. The number of aryl methyl sites for hydroxylation is 1. The molecule has 7 heteroatoms. The van der Waals surface area contributed by atoms with E-state index < -0.39 is 5.91 Å². The average Bonchev–Trinajstić information content (AvgIpc) is 2.75. The van der Waals surface area contributed by atoms with Gasteiger partial charge in [-0.25, -0.2) is 0 Å². The number of nitrogens with one attached hydrogen (secondary N) is 1. The van der Waals surface area contributed by atoms with Crippen molar-refractivity contribution in [2.75, 3.05) is 11.9 Å². The third-order valence-electron chi connectivity index (χ3n) is 2.26. The number of carbonyl (C=O) groups is 1. The molecule has 0 aliphatic carbocycles. The first kappa shape index (κ1) is 12.0. The monoisotopic (exact) mass is 247 g/mol. The van der Waals surface area contributed by atoms with Gasteiger partial charge < -0.3 is 15.6 Å². The standard InChI is InChI=1S/C11H13N5O2/c1-7-15-10(16-18-7)3-5-13-8-2-4-14-9(6-8)11(12)17/h2,4,6H,3,5H2,1H3,(H2,12,17)(H,13,14). The van der Waals surface area contributed by atoms with Gasteiger partial charge in [0.2, 0.25) is 5.89 Å². The van der Waals surface area contributed by atoms with Crippen molar-refractivity contribution < 1.29 is 9.32 Å². The second-order valence-electron chi connectivity index (χ2n) is 3.70. The highest BCUT2D eigenvalue weighted by atomic mass is 16.5. The summed E-state index contributed by atoms with van der Waals surface area (Å²) < 4.78 is 4.86. The molecule has 0 bridgehead atoms. The van der Waals surface area contributed by atoms with E-state index in [1.54, 1.807) is 19.1 Å². The fourth-order valence-corrected chi connectivity index (χ4v) is 1.44. The Bertz CT molecular complexity index is 552. The van der Waals surface area contributed by atoms with E-state index in [1.807, 2.05) is 0 Å². The maximum atomic E-state index is 11.0. The summed E-state index contributed by atoms with van der Waals surface area (Å²) in [5.74, 6) is 0.640.